The van der Waals surface area contributed by atoms with Gasteiger partial charge in [-0.3, -0.25) is 14.4 Å². The molecule has 13 heteroatoms. The van der Waals surface area contributed by atoms with Crippen molar-refractivity contribution in [3.63, 3.8) is 0 Å². The van der Waals surface area contributed by atoms with Gasteiger partial charge in [0.1, 0.15) is 13.7 Å². The van der Waals surface area contributed by atoms with Crippen LogP contribution in [-0.2, 0) is 16.1 Å². The van der Waals surface area contributed by atoms with Crippen LogP contribution in [-0.4, -0.2) is 80.4 Å². The summed E-state index contributed by atoms with van der Waals surface area (Å²) in [6, 6.07) is 1.99. The summed E-state index contributed by atoms with van der Waals surface area (Å²) in [5, 5.41) is -2.08. The van der Waals surface area contributed by atoms with E-state index in [0.717, 1.165) is 17.0 Å². The van der Waals surface area contributed by atoms with E-state index in [1.54, 1.807) is 0 Å². The summed E-state index contributed by atoms with van der Waals surface area (Å²) >= 11 is 0. The number of hydrogen-bond donors (Lipinski definition) is 0. The summed E-state index contributed by atoms with van der Waals surface area (Å²) in [7, 11) is 33.9. The van der Waals surface area contributed by atoms with E-state index in [0.29, 0.717) is 4.72 Å². The maximum Gasteiger partial charge on any atom is 0.254 e. The first-order valence-electron chi connectivity index (χ1n) is 7.34. The van der Waals surface area contributed by atoms with Gasteiger partial charge in [-0.15, -0.1) is 0 Å². The van der Waals surface area contributed by atoms with Gasteiger partial charge in [0.05, 0.1) is 21.1 Å². The van der Waals surface area contributed by atoms with Gasteiger partial charge in [0.25, 0.3) is 5.91 Å². The molecule has 3 rings (SSSR count). The number of benzene rings is 1. The fourth-order valence-corrected chi connectivity index (χ4v) is 3.24. The first-order valence-corrected chi connectivity index (χ1v) is 7.34. The first-order chi connectivity index (χ1) is 11.9. The SMILES string of the molecule is [B]N1C(=O)C([B])([B])CC([B])(N2Cc3c(cc(F)cc3N([B])[B])C2=O)C1=O. The maximum atomic E-state index is 13.8. The zero-order valence-corrected chi connectivity index (χ0v) is 13.5. The minimum atomic E-state index is -2.12. The number of imide groups is 1. The molecule has 1 unspecified atom stereocenters. The molecule has 0 aliphatic carbocycles. The third-order valence-corrected chi connectivity index (χ3v) is 4.51. The number of carbonyl (C=O) groups is 3. The van der Waals surface area contributed by atoms with Crippen LogP contribution in [0.5, 0.6) is 0 Å². The number of anilines is 1. The molecule has 0 N–H and O–H groups in total. The van der Waals surface area contributed by atoms with E-state index in [-0.39, 0.29) is 28.2 Å². The summed E-state index contributed by atoms with van der Waals surface area (Å²) in [5.74, 6) is -3.67. The van der Waals surface area contributed by atoms with Gasteiger partial charge < -0.3 is 14.4 Å². The number of rotatable bonds is 2. The molecular weight excluding hydrogens is 330 g/mol. The lowest BCUT2D eigenvalue weighted by Gasteiger charge is -2.50. The largest absolute Gasteiger partial charge is 0.478 e. The predicted molar refractivity (Wildman–Crippen MR) is 95.2 cm³/mol. The van der Waals surface area contributed by atoms with Crippen molar-refractivity contribution in [1.29, 1.82) is 0 Å². The molecule has 0 spiro atoms. The van der Waals surface area contributed by atoms with Gasteiger partial charge >= 0.3 is 0 Å². The summed E-state index contributed by atoms with van der Waals surface area (Å²) in [5.41, 5.74) is -1.93. The second-order valence-electron chi connectivity index (χ2n) is 6.37. The van der Waals surface area contributed by atoms with Crippen molar-refractivity contribution >= 4 is 70.9 Å². The van der Waals surface area contributed by atoms with Crippen molar-refractivity contribution in [2.45, 2.75) is 23.6 Å². The Bertz CT molecular complexity index is 851. The van der Waals surface area contributed by atoms with Crippen LogP contribution in [0.15, 0.2) is 12.1 Å². The highest BCUT2D eigenvalue weighted by Gasteiger charge is 2.55. The van der Waals surface area contributed by atoms with Gasteiger partial charge in [-0.1, -0.05) is 0 Å². The lowest BCUT2D eigenvalue weighted by molar-refractivity contribution is -0.148. The number of amides is 3. The lowest BCUT2D eigenvalue weighted by Crippen LogP contribution is -2.67. The molecule has 12 radical (unpaired) electrons. The Morgan fingerprint density at radius 1 is 1.08 bits per heavy atom. The summed E-state index contributed by atoms with van der Waals surface area (Å²) in [4.78, 5) is 38.3. The summed E-state index contributed by atoms with van der Waals surface area (Å²) in [6.45, 7) is -0.241. The molecule has 1 aromatic rings. The third-order valence-electron chi connectivity index (χ3n) is 4.51. The van der Waals surface area contributed by atoms with Crippen molar-refractivity contribution in [1.82, 2.24) is 9.71 Å². The Morgan fingerprint density at radius 3 is 2.27 bits per heavy atom. The zero-order chi connectivity index (χ0) is 19.6. The third kappa shape index (κ3) is 2.51. The van der Waals surface area contributed by atoms with E-state index >= 15 is 0 Å². The van der Waals surface area contributed by atoms with Crippen LogP contribution in [0.3, 0.4) is 0 Å². The van der Waals surface area contributed by atoms with Crippen molar-refractivity contribution in [3.05, 3.63) is 29.1 Å². The topological polar surface area (TPSA) is 60.9 Å². The molecule has 0 aromatic heterocycles. The minimum Gasteiger partial charge on any atom is -0.478 e. The number of carbonyl (C=O) groups excluding carboxylic acids is 3. The molecule has 1 aromatic carbocycles. The second kappa shape index (κ2) is 5.72. The fourth-order valence-electron chi connectivity index (χ4n) is 3.24. The highest BCUT2D eigenvalue weighted by atomic mass is 19.1. The molecule has 6 nitrogen and oxygen atoms in total. The van der Waals surface area contributed by atoms with Crippen LogP contribution in [0.1, 0.15) is 22.3 Å². The summed E-state index contributed by atoms with van der Waals surface area (Å²) < 4.78 is 14.5. The van der Waals surface area contributed by atoms with Crippen molar-refractivity contribution in [3.8, 4) is 0 Å². The molecule has 116 valence electrons. The molecule has 0 bridgehead atoms. The molecule has 26 heavy (non-hydrogen) atoms. The van der Waals surface area contributed by atoms with Crippen molar-refractivity contribution in [2.75, 3.05) is 4.72 Å². The van der Waals surface area contributed by atoms with E-state index in [2.05, 4.69) is 0 Å². The number of fused-ring (bicyclic) bond motifs is 1. The van der Waals surface area contributed by atoms with Crippen LogP contribution >= 0.6 is 0 Å². The lowest BCUT2D eigenvalue weighted by atomic mass is 9.44. The van der Waals surface area contributed by atoms with Gasteiger partial charge in [0, 0.05) is 23.4 Å². The van der Waals surface area contributed by atoms with Gasteiger partial charge in [-0.25, -0.2) is 4.39 Å². The highest BCUT2D eigenvalue weighted by molar-refractivity contribution is 6.56. The van der Waals surface area contributed by atoms with Crippen LogP contribution < -0.4 is 4.72 Å². The normalized spacial score (nSPS) is 24.7. The average Bonchev–Trinajstić information content (AvgIpc) is 2.87. The van der Waals surface area contributed by atoms with Gasteiger partial charge in [-0.2, -0.15) is 0 Å². The standard InChI is InChI=1S/C13H6B6FN3O3/c14-12(15)4-13(16,11(26)22(17)10(12)25)21-3-7-6(9(21)24)1-5(20)2-8(7)23(18)19/h1-2H,3-4H2. The smallest absolute Gasteiger partial charge is 0.254 e. The quantitative estimate of drug-likeness (QED) is 0.459. The van der Waals surface area contributed by atoms with E-state index < -0.39 is 40.6 Å². The number of piperidine rings is 1. The van der Waals surface area contributed by atoms with E-state index in [1.807, 2.05) is 0 Å². The fraction of sp³-hybridized carbons (Fsp3) is 0.308. The van der Waals surface area contributed by atoms with E-state index in [9.17, 15) is 18.8 Å². The van der Waals surface area contributed by atoms with Gasteiger partial charge in [-0.05, 0) is 23.8 Å². The molecule has 2 aliphatic rings. The Labute approximate surface area is 157 Å². The molecule has 2 heterocycles. The van der Waals surface area contributed by atoms with Crippen molar-refractivity contribution < 1.29 is 18.8 Å². The number of halogens is 1. The van der Waals surface area contributed by atoms with Gasteiger partial charge in [0.2, 0.25) is 35.8 Å². The Kier molecular flexibility index (Phi) is 4.12. The molecule has 3 amide bonds. The molecule has 1 atom stereocenters. The first kappa shape index (κ1) is 18.7. The summed E-state index contributed by atoms with van der Waals surface area (Å²) in [6.07, 6.45) is -0.585. The Balaban J connectivity index is 2.08. The predicted octanol–water partition coefficient (Wildman–Crippen LogP) is -2.08. The number of nitrogens with zero attached hydrogens (tertiary/aromatic N) is 3. The molecule has 2 aliphatic heterocycles. The molecule has 1 saturated heterocycles. The number of hydrogen-bond acceptors (Lipinski definition) is 4. The minimum absolute atomic E-state index is 0.0233. The van der Waals surface area contributed by atoms with Crippen LogP contribution in [0.25, 0.3) is 0 Å². The molecular formula is C13H6B6FN3O3. The van der Waals surface area contributed by atoms with Crippen LogP contribution in [0.4, 0.5) is 10.1 Å². The van der Waals surface area contributed by atoms with Gasteiger partial charge in [0.15, 0.2) is 0 Å². The van der Waals surface area contributed by atoms with E-state index in [1.165, 1.54) is 0 Å². The molecule has 1 fully saturated rings. The van der Waals surface area contributed by atoms with E-state index in [4.69, 9.17) is 47.5 Å². The second-order valence-corrected chi connectivity index (χ2v) is 6.37. The van der Waals surface area contributed by atoms with Crippen LogP contribution in [0, 0.1) is 5.82 Å². The molecule has 0 saturated carbocycles. The highest BCUT2D eigenvalue weighted by Crippen LogP contribution is 2.43. The maximum absolute atomic E-state index is 13.8. The zero-order valence-electron chi connectivity index (χ0n) is 13.5. The Morgan fingerprint density at radius 2 is 1.69 bits per heavy atom. The average molecular weight is 336 g/mol. The van der Waals surface area contributed by atoms with Crippen LogP contribution in [0.2, 0.25) is 5.21 Å². The Hall–Kier alpha value is -2.05. The van der Waals surface area contributed by atoms with Crippen molar-refractivity contribution in [2.24, 2.45) is 0 Å². The monoisotopic (exact) mass is 337 g/mol.